The molecule has 1 aromatic carbocycles. The van der Waals surface area contributed by atoms with Crippen LogP contribution in [-0.2, 0) is 0 Å². The van der Waals surface area contributed by atoms with Crippen LogP contribution in [-0.4, -0.2) is 11.4 Å². The average Bonchev–Trinajstić information content (AvgIpc) is 2.08. The summed E-state index contributed by atoms with van der Waals surface area (Å²) in [5.41, 5.74) is 0.729. The van der Waals surface area contributed by atoms with E-state index >= 15 is 0 Å². The van der Waals surface area contributed by atoms with Crippen molar-refractivity contribution >= 4 is 6.29 Å². The van der Waals surface area contributed by atoms with E-state index in [9.17, 15) is 4.79 Å². The van der Waals surface area contributed by atoms with Gasteiger partial charge in [-0.25, -0.2) is 0 Å². The molecule has 1 rings (SSSR count). The number of benzene rings is 1. The van der Waals surface area contributed by atoms with Gasteiger partial charge in [-0.2, -0.15) is 5.26 Å². The smallest absolute Gasteiger partial charge is 0.283 e. The van der Waals surface area contributed by atoms with Crippen LogP contribution in [0.5, 0.6) is 0 Å². The Bertz CT molecular complexity index is 238. The van der Waals surface area contributed by atoms with Gasteiger partial charge in [-0.3, -0.25) is 4.79 Å². The molecule has 1 N–H and O–H groups in total. The number of aliphatic hydroxyl groups is 1. The van der Waals surface area contributed by atoms with Crippen molar-refractivity contribution in [3.8, 4) is 6.26 Å². The molecular weight excluding hydrogens is 154 g/mol. The largest absolute Gasteiger partial charge is 0.443 e. The molecule has 3 heteroatoms. The van der Waals surface area contributed by atoms with Gasteiger partial charge in [0.05, 0.1) is 0 Å². The zero-order valence-corrected chi connectivity index (χ0v) is 5.77. The highest BCUT2D eigenvalue weighted by Gasteiger charge is 1.79. The van der Waals surface area contributed by atoms with Crippen LogP contribution in [0.1, 0.15) is 17.8 Å². The molecule has 0 heterocycles. The van der Waals surface area contributed by atoms with Crippen LogP contribution < -0.4 is 0 Å². The Labute approximate surface area is 71.9 Å². The Hall–Kier alpha value is -1.82. The number of hydrogen-bond acceptors (Lipinski definition) is 3. The molecule has 1 aromatic rings. The van der Waals surface area contributed by atoms with Crippen molar-refractivity contribution in [1.29, 1.82) is 5.26 Å². The molecule has 0 aliphatic heterocycles. The number of aldehydes is 1. The fourth-order valence-electron chi connectivity index (χ4n) is 0.532. The van der Waals surface area contributed by atoms with Gasteiger partial charge in [0.15, 0.2) is 0 Å². The predicted octanol–water partition coefficient (Wildman–Crippen LogP) is 1.98. The van der Waals surface area contributed by atoms with Crippen LogP contribution in [0, 0.1) is 11.5 Å². The minimum absolute atomic E-state index is 0. The second-order valence-corrected chi connectivity index (χ2v) is 1.63. The van der Waals surface area contributed by atoms with Gasteiger partial charge in [0.1, 0.15) is 6.29 Å². The van der Waals surface area contributed by atoms with Crippen LogP contribution in [0.15, 0.2) is 30.3 Å². The Morgan fingerprint density at radius 3 is 2.00 bits per heavy atom. The number of nitrogens with zero attached hydrogens (tertiary/aromatic N) is 1. The van der Waals surface area contributed by atoms with E-state index in [4.69, 9.17) is 10.4 Å². The van der Waals surface area contributed by atoms with Crippen LogP contribution >= 0.6 is 0 Å². The van der Waals surface area contributed by atoms with Gasteiger partial charge in [-0.15, -0.1) is 0 Å². The van der Waals surface area contributed by atoms with Crippen LogP contribution in [0.3, 0.4) is 0 Å². The molecule has 12 heavy (non-hydrogen) atoms. The van der Waals surface area contributed by atoms with E-state index in [0.717, 1.165) is 18.1 Å². The molecule has 0 aliphatic carbocycles. The summed E-state index contributed by atoms with van der Waals surface area (Å²) in [7, 11) is 0. The van der Waals surface area contributed by atoms with Crippen molar-refractivity contribution in [3.05, 3.63) is 35.9 Å². The molecule has 0 unspecified atom stereocenters. The molecule has 0 fully saturated rings. The first-order valence-electron chi connectivity index (χ1n) is 2.88. The maximum atomic E-state index is 10.0. The summed E-state index contributed by atoms with van der Waals surface area (Å²) in [4.78, 5) is 10.0. The first-order chi connectivity index (χ1) is 5.35. The van der Waals surface area contributed by atoms with Gasteiger partial charge in [-0.05, 0) is 0 Å². The highest BCUT2D eigenvalue weighted by Crippen LogP contribution is 1.91. The molecule has 3 nitrogen and oxygen atoms in total. The third-order valence-corrected chi connectivity index (χ3v) is 0.936. The third kappa shape index (κ3) is 6.30. The fraction of sp³-hybridized carbons (Fsp3) is 0.111. The van der Waals surface area contributed by atoms with Gasteiger partial charge in [-0.1, -0.05) is 37.8 Å². The Kier molecular flexibility index (Phi) is 9.81. The molecule has 0 aliphatic rings. The number of nitriles is 1. The molecule has 64 valence electrons. The number of carbonyl (C=O) groups excluding carboxylic acids is 1. The minimum atomic E-state index is 0. The van der Waals surface area contributed by atoms with Crippen LogP contribution in [0.2, 0.25) is 0 Å². The van der Waals surface area contributed by atoms with E-state index in [-0.39, 0.29) is 7.43 Å². The van der Waals surface area contributed by atoms with Gasteiger partial charge in [0.2, 0.25) is 0 Å². The van der Waals surface area contributed by atoms with Crippen molar-refractivity contribution in [2.75, 3.05) is 0 Å². The molecule has 0 bridgehead atoms. The van der Waals surface area contributed by atoms with Gasteiger partial charge < -0.3 is 5.11 Å². The maximum Gasteiger partial charge on any atom is 0.283 e. The molecule has 0 aromatic heterocycles. The molecule has 0 spiro atoms. The fourth-order valence-corrected chi connectivity index (χ4v) is 0.532. The summed E-state index contributed by atoms with van der Waals surface area (Å²) in [5.74, 6) is 0. The van der Waals surface area contributed by atoms with E-state index in [1.807, 2.05) is 18.2 Å². The topological polar surface area (TPSA) is 61.1 Å². The van der Waals surface area contributed by atoms with E-state index < -0.39 is 0 Å². The maximum absolute atomic E-state index is 10.0. The van der Waals surface area contributed by atoms with Crippen LogP contribution in [0.25, 0.3) is 0 Å². The minimum Gasteiger partial charge on any atom is -0.443 e. The van der Waals surface area contributed by atoms with E-state index in [1.54, 1.807) is 12.1 Å². The van der Waals surface area contributed by atoms with Gasteiger partial charge >= 0.3 is 0 Å². The van der Waals surface area contributed by atoms with Crippen LogP contribution in [0.4, 0.5) is 0 Å². The highest BCUT2D eigenvalue weighted by molar-refractivity contribution is 5.74. The molecule has 0 saturated carbocycles. The molecular formula is C9H11NO2. The first kappa shape index (κ1) is 12.8. The number of aliphatic hydroxyl groups excluding tert-OH is 1. The normalized spacial score (nSPS) is 6.25. The molecule has 0 radical (unpaired) electrons. The van der Waals surface area contributed by atoms with E-state index in [0.29, 0.717) is 0 Å². The summed E-state index contributed by atoms with van der Waals surface area (Å²) in [6, 6.07) is 9.10. The van der Waals surface area contributed by atoms with Crippen molar-refractivity contribution < 1.29 is 9.90 Å². The zero-order chi connectivity index (χ0) is 8.53. The summed E-state index contributed by atoms with van der Waals surface area (Å²) in [5, 5.41) is 13.8. The predicted molar refractivity (Wildman–Crippen MR) is 46.1 cm³/mol. The number of rotatable bonds is 1. The summed E-state index contributed by atoms with van der Waals surface area (Å²) in [6.45, 7) is 0. The zero-order valence-electron chi connectivity index (χ0n) is 5.77. The number of carbonyl (C=O) groups is 1. The summed E-state index contributed by atoms with van der Waals surface area (Å²) < 4.78 is 0. The Balaban J connectivity index is 0. The van der Waals surface area contributed by atoms with E-state index in [1.165, 1.54) is 0 Å². The van der Waals surface area contributed by atoms with E-state index in [2.05, 4.69) is 0 Å². The summed E-state index contributed by atoms with van der Waals surface area (Å²) in [6.07, 6.45) is 1.58. The third-order valence-electron chi connectivity index (χ3n) is 0.936. The Morgan fingerprint density at radius 2 is 1.75 bits per heavy atom. The van der Waals surface area contributed by atoms with Crippen molar-refractivity contribution in [1.82, 2.24) is 0 Å². The first-order valence-corrected chi connectivity index (χ1v) is 2.88. The van der Waals surface area contributed by atoms with Gasteiger partial charge in [0.25, 0.3) is 6.26 Å². The lowest BCUT2D eigenvalue weighted by molar-refractivity contribution is 0.112. The monoisotopic (exact) mass is 165 g/mol. The second-order valence-electron chi connectivity index (χ2n) is 1.63. The van der Waals surface area contributed by atoms with Gasteiger partial charge in [0, 0.05) is 5.56 Å². The molecule has 0 amide bonds. The molecule has 0 atom stereocenters. The average molecular weight is 165 g/mol. The number of hydrogen-bond donors (Lipinski definition) is 1. The highest BCUT2D eigenvalue weighted by atomic mass is 16.2. The van der Waals surface area contributed by atoms with Crippen molar-refractivity contribution in [2.45, 2.75) is 7.43 Å². The SMILES string of the molecule is C.N#CO.O=Cc1ccccc1. The van der Waals surface area contributed by atoms with Crippen molar-refractivity contribution in [2.24, 2.45) is 0 Å². The standard InChI is InChI=1S/C7H6O.CHNO.CH4/c8-6-7-4-2-1-3-5-7;2-1-3;/h1-6H;3H;1H4. The second kappa shape index (κ2) is 9.18. The molecule has 0 saturated heterocycles. The quantitative estimate of drug-likeness (QED) is 0.511. The summed E-state index contributed by atoms with van der Waals surface area (Å²) >= 11 is 0. The lowest BCUT2D eigenvalue weighted by Crippen LogP contribution is -1.73. The Morgan fingerprint density at radius 1 is 1.33 bits per heavy atom. The van der Waals surface area contributed by atoms with Crippen molar-refractivity contribution in [3.63, 3.8) is 0 Å². The lowest BCUT2D eigenvalue weighted by Gasteiger charge is -1.81. The lowest BCUT2D eigenvalue weighted by atomic mass is 10.2.